The molecule has 1 aromatic carbocycles. The van der Waals surface area contributed by atoms with E-state index in [-0.39, 0.29) is 11.6 Å². The van der Waals surface area contributed by atoms with E-state index in [9.17, 15) is 9.18 Å². The topological polar surface area (TPSA) is 26.3 Å². The molecular formula is C14H17FO2. The third kappa shape index (κ3) is 2.12. The molecule has 0 aromatic heterocycles. The van der Waals surface area contributed by atoms with Gasteiger partial charge in [-0.1, -0.05) is 0 Å². The third-order valence-corrected chi connectivity index (χ3v) is 3.64. The predicted octanol–water partition coefficient (Wildman–Crippen LogP) is 3.28. The number of methoxy groups -OCH3 is 1. The lowest BCUT2D eigenvalue weighted by Gasteiger charge is -2.25. The fourth-order valence-corrected chi connectivity index (χ4v) is 2.52. The Morgan fingerprint density at radius 3 is 2.53 bits per heavy atom. The van der Waals surface area contributed by atoms with Crippen LogP contribution in [0.15, 0.2) is 18.2 Å². The van der Waals surface area contributed by atoms with Crippen molar-refractivity contribution in [2.24, 2.45) is 0 Å². The summed E-state index contributed by atoms with van der Waals surface area (Å²) < 4.78 is 18.6. The van der Waals surface area contributed by atoms with Gasteiger partial charge in [-0.15, -0.1) is 0 Å². The maximum Gasteiger partial charge on any atom is 0.194 e. The van der Waals surface area contributed by atoms with Gasteiger partial charge in [0.25, 0.3) is 0 Å². The lowest BCUT2D eigenvalue weighted by molar-refractivity contribution is 0.00601. The third-order valence-electron chi connectivity index (χ3n) is 3.64. The van der Waals surface area contributed by atoms with Crippen LogP contribution in [0.1, 0.15) is 41.6 Å². The Morgan fingerprint density at radius 2 is 2.00 bits per heavy atom. The quantitative estimate of drug-likeness (QED) is 0.753. The molecule has 0 spiro atoms. The molecule has 3 heteroatoms. The molecule has 1 aliphatic carbocycles. The van der Waals surface area contributed by atoms with Crippen molar-refractivity contribution in [1.82, 2.24) is 0 Å². The van der Waals surface area contributed by atoms with Crippen LogP contribution in [-0.2, 0) is 4.74 Å². The Bertz CT molecular complexity index is 434. The van der Waals surface area contributed by atoms with Gasteiger partial charge in [-0.2, -0.15) is 0 Å². The van der Waals surface area contributed by atoms with Gasteiger partial charge in [0, 0.05) is 12.7 Å². The molecule has 17 heavy (non-hydrogen) atoms. The highest BCUT2D eigenvalue weighted by atomic mass is 19.1. The van der Waals surface area contributed by atoms with E-state index in [1.165, 1.54) is 6.07 Å². The Hall–Kier alpha value is -1.22. The SMILES string of the molecule is COC1(C(=O)c2ccc(F)c(C)c2)CCCC1. The highest BCUT2D eigenvalue weighted by Gasteiger charge is 2.41. The largest absolute Gasteiger partial charge is 0.370 e. The van der Waals surface area contributed by atoms with Crippen molar-refractivity contribution in [3.8, 4) is 0 Å². The van der Waals surface area contributed by atoms with Crippen molar-refractivity contribution < 1.29 is 13.9 Å². The molecule has 2 nitrogen and oxygen atoms in total. The number of benzene rings is 1. The summed E-state index contributed by atoms with van der Waals surface area (Å²) in [6.45, 7) is 1.67. The number of hydrogen-bond acceptors (Lipinski definition) is 2. The van der Waals surface area contributed by atoms with Crippen LogP contribution >= 0.6 is 0 Å². The summed E-state index contributed by atoms with van der Waals surface area (Å²) in [7, 11) is 1.58. The van der Waals surface area contributed by atoms with Gasteiger partial charge in [-0.05, 0) is 56.4 Å². The van der Waals surface area contributed by atoms with Crippen LogP contribution < -0.4 is 0 Å². The van der Waals surface area contributed by atoms with E-state index >= 15 is 0 Å². The minimum atomic E-state index is -0.676. The van der Waals surface area contributed by atoms with Crippen LogP contribution in [0.4, 0.5) is 4.39 Å². The summed E-state index contributed by atoms with van der Waals surface area (Å²) in [4.78, 5) is 12.4. The molecule has 0 aliphatic heterocycles. The molecule has 1 fully saturated rings. The molecular weight excluding hydrogens is 219 g/mol. The molecule has 0 heterocycles. The summed E-state index contributed by atoms with van der Waals surface area (Å²) in [6, 6.07) is 4.50. The van der Waals surface area contributed by atoms with Gasteiger partial charge in [0.05, 0.1) is 0 Å². The predicted molar refractivity (Wildman–Crippen MR) is 63.7 cm³/mol. The van der Waals surface area contributed by atoms with Gasteiger partial charge in [-0.3, -0.25) is 4.79 Å². The number of aryl methyl sites for hydroxylation is 1. The van der Waals surface area contributed by atoms with Crippen molar-refractivity contribution in [3.05, 3.63) is 35.1 Å². The monoisotopic (exact) mass is 236 g/mol. The van der Waals surface area contributed by atoms with E-state index in [1.807, 2.05) is 0 Å². The zero-order valence-corrected chi connectivity index (χ0v) is 10.3. The minimum absolute atomic E-state index is 0.0133. The van der Waals surface area contributed by atoms with Crippen molar-refractivity contribution in [2.45, 2.75) is 38.2 Å². The molecule has 1 aromatic rings. The van der Waals surface area contributed by atoms with E-state index in [0.29, 0.717) is 11.1 Å². The number of carbonyl (C=O) groups excluding carboxylic acids is 1. The lowest BCUT2D eigenvalue weighted by atomic mass is 9.90. The molecule has 0 unspecified atom stereocenters. The Morgan fingerprint density at radius 1 is 1.35 bits per heavy atom. The molecule has 0 atom stereocenters. The number of hydrogen-bond donors (Lipinski definition) is 0. The van der Waals surface area contributed by atoms with Gasteiger partial charge in [0.15, 0.2) is 5.78 Å². The van der Waals surface area contributed by atoms with Crippen molar-refractivity contribution in [3.63, 3.8) is 0 Å². The zero-order valence-electron chi connectivity index (χ0n) is 10.3. The first-order valence-corrected chi connectivity index (χ1v) is 5.95. The van der Waals surface area contributed by atoms with Crippen LogP contribution in [0.2, 0.25) is 0 Å². The van der Waals surface area contributed by atoms with Gasteiger partial charge in [0.1, 0.15) is 11.4 Å². The van der Waals surface area contributed by atoms with E-state index < -0.39 is 5.60 Å². The Labute approximate surface area is 101 Å². The molecule has 0 radical (unpaired) electrons. The number of ether oxygens (including phenoxy) is 1. The van der Waals surface area contributed by atoms with E-state index in [4.69, 9.17) is 4.74 Å². The maximum absolute atomic E-state index is 13.2. The summed E-state index contributed by atoms with van der Waals surface area (Å²) in [5, 5.41) is 0. The second kappa shape index (κ2) is 4.57. The Kier molecular flexibility index (Phi) is 3.29. The standard InChI is InChI=1S/C14H17FO2/c1-10-9-11(5-6-12(10)15)13(16)14(17-2)7-3-4-8-14/h5-6,9H,3-4,7-8H2,1-2H3. The minimum Gasteiger partial charge on any atom is -0.370 e. The molecule has 0 saturated heterocycles. The van der Waals surface area contributed by atoms with Crippen molar-refractivity contribution in [2.75, 3.05) is 7.11 Å². The number of halogens is 1. The normalized spacial score (nSPS) is 18.3. The first-order valence-electron chi connectivity index (χ1n) is 5.95. The first kappa shape index (κ1) is 12.2. The molecule has 2 rings (SSSR count). The number of rotatable bonds is 3. The molecule has 0 amide bonds. The van der Waals surface area contributed by atoms with Crippen LogP contribution in [0.25, 0.3) is 0 Å². The second-order valence-electron chi connectivity index (χ2n) is 4.70. The molecule has 92 valence electrons. The molecule has 1 saturated carbocycles. The molecule has 0 N–H and O–H groups in total. The van der Waals surface area contributed by atoms with Gasteiger partial charge in [-0.25, -0.2) is 4.39 Å². The maximum atomic E-state index is 13.2. The number of ketones is 1. The summed E-state index contributed by atoms with van der Waals surface area (Å²) in [6.07, 6.45) is 3.55. The lowest BCUT2D eigenvalue weighted by Crippen LogP contribution is -2.37. The summed E-state index contributed by atoms with van der Waals surface area (Å²) in [5.41, 5.74) is 0.373. The summed E-state index contributed by atoms with van der Waals surface area (Å²) in [5.74, 6) is -0.292. The average molecular weight is 236 g/mol. The van der Waals surface area contributed by atoms with E-state index in [0.717, 1.165) is 25.7 Å². The smallest absolute Gasteiger partial charge is 0.194 e. The second-order valence-corrected chi connectivity index (χ2v) is 4.70. The highest BCUT2D eigenvalue weighted by molar-refractivity contribution is 6.02. The highest BCUT2D eigenvalue weighted by Crippen LogP contribution is 2.35. The molecule has 1 aliphatic rings. The van der Waals surface area contributed by atoms with Crippen molar-refractivity contribution >= 4 is 5.78 Å². The van der Waals surface area contributed by atoms with Crippen LogP contribution in [0, 0.1) is 12.7 Å². The van der Waals surface area contributed by atoms with Gasteiger partial charge >= 0.3 is 0 Å². The van der Waals surface area contributed by atoms with Crippen LogP contribution in [0.5, 0.6) is 0 Å². The fraction of sp³-hybridized carbons (Fsp3) is 0.500. The van der Waals surface area contributed by atoms with Crippen molar-refractivity contribution in [1.29, 1.82) is 0 Å². The van der Waals surface area contributed by atoms with E-state index in [1.54, 1.807) is 26.2 Å². The van der Waals surface area contributed by atoms with Gasteiger partial charge < -0.3 is 4.74 Å². The Balaban J connectivity index is 2.32. The van der Waals surface area contributed by atoms with Gasteiger partial charge in [0.2, 0.25) is 0 Å². The summed E-state index contributed by atoms with van der Waals surface area (Å²) >= 11 is 0. The van der Waals surface area contributed by atoms with E-state index in [2.05, 4.69) is 0 Å². The molecule has 0 bridgehead atoms. The average Bonchev–Trinajstić information content (AvgIpc) is 2.81. The zero-order chi connectivity index (χ0) is 12.5. The van der Waals surface area contributed by atoms with Crippen LogP contribution in [0.3, 0.4) is 0 Å². The van der Waals surface area contributed by atoms with Crippen LogP contribution in [-0.4, -0.2) is 18.5 Å². The fourth-order valence-electron chi connectivity index (χ4n) is 2.52. The number of Topliss-reactive ketones (excluding diaryl/α,β-unsaturated/α-hetero) is 1. The number of carbonyl (C=O) groups is 1. The first-order chi connectivity index (χ1) is 8.09.